The van der Waals surface area contributed by atoms with E-state index in [2.05, 4.69) is 10.3 Å². The number of nitrogens with one attached hydrogen (secondary N) is 1. The van der Waals surface area contributed by atoms with Crippen LogP contribution in [0.15, 0.2) is 48.7 Å². The number of fused-ring (bicyclic) bond motifs is 1. The lowest BCUT2D eigenvalue weighted by molar-refractivity contribution is -0.138. The number of halogens is 1. The van der Waals surface area contributed by atoms with Gasteiger partial charge >= 0.3 is 18.2 Å². The van der Waals surface area contributed by atoms with Crippen molar-refractivity contribution in [1.29, 1.82) is 0 Å². The van der Waals surface area contributed by atoms with Crippen molar-refractivity contribution in [3.8, 4) is 0 Å². The second-order valence-electron chi connectivity index (χ2n) is 10.8. The molecule has 0 aliphatic carbocycles. The molecule has 0 saturated heterocycles. The van der Waals surface area contributed by atoms with Crippen LogP contribution in [0.25, 0.3) is 10.8 Å². The van der Waals surface area contributed by atoms with Crippen LogP contribution in [0.2, 0.25) is 0 Å². The van der Waals surface area contributed by atoms with Crippen molar-refractivity contribution in [1.82, 2.24) is 4.98 Å². The molecule has 202 valence electrons. The van der Waals surface area contributed by atoms with Crippen molar-refractivity contribution in [2.75, 3.05) is 10.2 Å². The third kappa shape index (κ3) is 6.96. The SMILES string of the molecule is Cc1ccc(F)c(C(Nc2ccc3c(N(C(=O)OC(C)(C)C)C(=O)OC(C)(C)C)nccc3c2)C(=O)O)c1. The first-order chi connectivity index (χ1) is 17.6. The Labute approximate surface area is 220 Å². The minimum atomic E-state index is -1.35. The summed E-state index contributed by atoms with van der Waals surface area (Å²) in [5.74, 6) is -1.92. The number of ether oxygens (including phenoxy) is 2. The molecule has 3 aromatic rings. The third-order valence-electron chi connectivity index (χ3n) is 5.13. The van der Waals surface area contributed by atoms with Crippen LogP contribution in [0.5, 0.6) is 0 Å². The molecule has 1 heterocycles. The summed E-state index contributed by atoms with van der Waals surface area (Å²) in [5.41, 5.74) is -0.697. The van der Waals surface area contributed by atoms with Crippen molar-refractivity contribution < 1.29 is 33.4 Å². The number of aromatic nitrogens is 1. The van der Waals surface area contributed by atoms with E-state index in [0.29, 0.717) is 22.0 Å². The molecule has 1 aromatic heterocycles. The van der Waals surface area contributed by atoms with Crippen molar-refractivity contribution in [3.63, 3.8) is 0 Å². The number of benzene rings is 2. The van der Waals surface area contributed by atoms with Gasteiger partial charge < -0.3 is 19.9 Å². The minimum absolute atomic E-state index is 0.00552. The highest BCUT2D eigenvalue weighted by molar-refractivity contribution is 6.14. The highest BCUT2D eigenvalue weighted by atomic mass is 19.1. The molecule has 0 aliphatic rings. The zero-order valence-corrected chi connectivity index (χ0v) is 22.5. The largest absolute Gasteiger partial charge is 0.479 e. The average molecular weight is 526 g/mol. The van der Waals surface area contributed by atoms with Crippen LogP contribution in [-0.4, -0.2) is 39.4 Å². The number of aryl methyl sites for hydroxylation is 1. The molecule has 2 N–H and O–H groups in total. The van der Waals surface area contributed by atoms with Gasteiger partial charge in [0.05, 0.1) is 0 Å². The van der Waals surface area contributed by atoms with Crippen molar-refractivity contribution >= 4 is 40.4 Å². The quantitative estimate of drug-likeness (QED) is 0.383. The normalized spacial score (nSPS) is 12.5. The van der Waals surface area contributed by atoms with Crippen LogP contribution in [0, 0.1) is 12.7 Å². The second-order valence-corrected chi connectivity index (χ2v) is 10.8. The van der Waals surface area contributed by atoms with Gasteiger partial charge in [-0.05, 0) is 84.2 Å². The molecule has 9 nitrogen and oxygen atoms in total. The Kier molecular flexibility index (Phi) is 7.95. The van der Waals surface area contributed by atoms with Crippen LogP contribution in [-0.2, 0) is 14.3 Å². The molecular formula is C28H32FN3O6. The van der Waals surface area contributed by atoms with Gasteiger partial charge in [0.25, 0.3) is 0 Å². The molecule has 0 saturated carbocycles. The first-order valence-corrected chi connectivity index (χ1v) is 12.0. The average Bonchev–Trinajstić information content (AvgIpc) is 2.76. The van der Waals surface area contributed by atoms with Gasteiger partial charge in [-0.2, -0.15) is 4.90 Å². The molecule has 1 atom stereocenters. The van der Waals surface area contributed by atoms with E-state index in [-0.39, 0.29) is 11.4 Å². The van der Waals surface area contributed by atoms with E-state index in [4.69, 9.17) is 9.47 Å². The maximum absolute atomic E-state index is 14.5. The van der Waals surface area contributed by atoms with Gasteiger partial charge in [0.1, 0.15) is 17.0 Å². The predicted molar refractivity (Wildman–Crippen MR) is 142 cm³/mol. The number of imide groups is 1. The smallest absolute Gasteiger partial charge is 0.425 e. The highest BCUT2D eigenvalue weighted by Gasteiger charge is 2.34. The van der Waals surface area contributed by atoms with Crippen LogP contribution in [0.1, 0.15) is 58.7 Å². The minimum Gasteiger partial charge on any atom is -0.479 e. The number of aliphatic carboxylic acids is 1. The lowest BCUT2D eigenvalue weighted by Gasteiger charge is -2.28. The number of nitrogens with zero attached hydrogens (tertiary/aromatic N) is 2. The molecule has 0 radical (unpaired) electrons. The Morgan fingerprint density at radius 3 is 2.11 bits per heavy atom. The van der Waals surface area contributed by atoms with E-state index in [0.717, 1.165) is 4.90 Å². The molecule has 38 heavy (non-hydrogen) atoms. The summed E-state index contributed by atoms with van der Waals surface area (Å²) in [6, 6.07) is 9.29. The zero-order chi connectivity index (χ0) is 28.4. The number of anilines is 2. The van der Waals surface area contributed by atoms with Gasteiger partial charge in [-0.25, -0.2) is 23.8 Å². The van der Waals surface area contributed by atoms with Gasteiger partial charge in [-0.3, -0.25) is 0 Å². The Balaban J connectivity index is 2.05. The van der Waals surface area contributed by atoms with Crippen LogP contribution >= 0.6 is 0 Å². The fourth-order valence-corrected chi connectivity index (χ4v) is 3.62. The molecule has 10 heteroatoms. The summed E-state index contributed by atoms with van der Waals surface area (Å²) in [4.78, 5) is 43.2. The number of carboxylic acid groups (broad SMARTS) is 1. The summed E-state index contributed by atoms with van der Waals surface area (Å²) in [5, 5.41) is 13.6. The van der Waals surface area contributed by atoms with Crippen molar-refractivity contribution in [2.45, 2.75) is 65.7 Å². The van der Waals surface area contributed by atoms with E-state index >= 15 is 0 Å². The Hall–Kier alpha value is -4.21. The van der Waals surface area contributed by atoms with Gasteiger partial charge in [0.2, 0.25) is 0 Å². The summed E-state index contributed by atoms with van der Waals surface area (Å²) in [6.45, 7) is 11.8. The topological polar surface area (TPSA) is 118 Å². The van der Waals surface area contributed by atoms with Crippen molar-refractivity contribution in [3.05, 3.63) is 65.6 Å². The predicted octanol–water partition coefficient (Wildman–Crippen LogP) is 6.60. The van der Waals surface area contributed by atoms with Crippen LogP contribution < -0.4 is 10.2 Å². The molecule has 0 spiro atoms. The van der Waals surface area contributed by atoms with Gasteiger partial charge in [0, 0.05) is 22.8 Å². The number of rotatable bonds is 5. The highest BCUT2D eigenvalue weighted by Crippen LogP contribution is 2.31. The Morgan fingerprint density at radius 2 is 1.55 bits per heavy atom. The fraction of sp³-hybridized carbons (Fsp3) is 0.357. The fourth-order valence-electron chi connectivity index (χ4n) is 3.62. The number of carbonyl (C=O) groups is 3. The summed E-state index contributed by atoms with van der Waals surface area (Å²) >= 11 is 0. The van der Waals surface area contributed by atoms with Crippen LogP contribution in [0.4, 0.5) is 25.5 Å². The van der Waals surface area contributed by atoms with E-state index in [9.17, 15) is 23.9 Å². The molecule has 3 rings (SSSR count). The monoisotopic (exact) mass is 525 g/mol. The molecule has 0 fully saturated rings. The first-order valence-electron chi connectivity index (χ1n) is 12.0. The van der Waals surface area contributed by atoms with Crippen LogP contribution in [0.3, 0.4) is 0 Å². The molecule has 2 amide bonds. The maximum atomic E-state index is 14.5. The second kappa shape index (κ2) is 10.6. The van der Waals surface area contributed by atoms with Gasteiger partial charge in [-0.1, -0.05) is 17.7 Å². The number of hydrogen-bond acceptors (Lipinski definition) is 7. The van der Waals surface area contributed by atoms with Gasteiger partial charge in [0.15, 0.2) is 11.9 Å². The zero-order valence-electron chi connectivity index (χ0n) is 22.5. The number of pyridine rings is 1. The standard InChI is InChI=1S/C28H32FN3O6/c1-16-8-11-21(29)20(14-16)22(24(33)34)31-18-9-10-19-17(15-18)12-13-30-23(19)32(25(35)37-27(2,3)4)26(36)38-28(5,6)7/h8-15,22,31H,1-7H3,(H,33,34). The summed E-state index contributed by atoms with van der Waals surface area (Å²) in [7, 11) is 0. The van der Waals surface area contributed by atoms with E-state index in [1.165, 1.54) is 18.3 Å². The van der Waals surface area contributed by atoms with E-state index < -0.39 is 41.2 Å². The third-order valence-corrected chi connectivity index (χ3v) is 5.13. The molecular weight excluding hydrogens is 493 g/mol. The summed E-state index contributed by atoms with van der Waals surface area (Å²) < 4.78 is 25.3. The van der Waals surface area contributed by atoms with Gasteiger partial charge in [-0.15, -0.1) is 0 Å². The van der Waals surface area contributed by atoms with E-state index in [1.54, 1.807) is 78.8 Å². The van der Waals surface area contributed by atoms with E-state index in [1.807, 2.05) is 0 Å². The lowest BCUT2D eigenvalue weighted by Crippen LogP contribution is -2.44. The molecule has 0 bridgehead atoms. The number of amides is 2. The molecule has 2 aromatic carbocycles. The van der Waals surface area contributed by atoms with Crippen molar-refractivity contribution in [2.24, 2.45) is 0 Å². The Morgan fingerprint density at radius 1 is 0.947 bits per heavy atom. The maximum Gasteiger partial charge on any atom is 0.425 e. The summed E-state index contributed by atoms with van der Waals surface area (Å²) in [6.07, 6.45) is -0.525. The number of carboxylic acids is 1. The molecule has 0 aliphatic heterocycles. The Bertz CT molecular complexity index is 1350. The molecule has 1 unspecified atom stereocenters. The number of carbonyl (C=O) groups excluding carboxylic acids is 2. The first kappa shape index (κ1) is 28.4. The lowest BCUT2D eigenvalue weighted by atomic mass is 10.0. The number of hydrogen-bond donors (Lipinski definition) is 2.